The van der Waals surface area contributed by atoms with E-state index in [-0.39, 0.29) is 13.0 Å². The largest absolute Gasteiger partial charge is 0.412 e. The summed E-state index contributed by atoms with van der Waals surface area (Å²) in [5.41, 5.74) is 0.334. The van der Waals surface area contributed by atoms with Crippen molar-refractivity contribution >= 4 is 5.82 Å². The molecule has 0 aliphatic carbocycles. The first-order valence-electron chi connectivity index (χ1n) is 6.53. The highest BCUT2D eigenvalue weighted by molar-refractivity contribution is 5.40. The highest BCUT2D eigenvalue weighted by atomic mass is 19.4. The first-order valence-corrected chi connectivity index (χ1v) is 6.53. The zero-order valence-electron chi connectivity index (χ0n) is 11.2. The van der Waals surface area contributed by atoms with Gasteiger partial charge >= 0.3 is 6.18 Å². The zero-order chi connectivity index (χ0) is 14.6. The molecule has 2 rings (SSSR count). The normalized spacial score (nSPS) is 16.2. The van der Waals surface area contributed by atoms with Gasteiger partial charge in [0.1, 0.15) is 5.82 Å². The van der Waals surface area contributed by atoms with Crippen LogP contribution in [0.1, 0.15) is 19.0 Å². The molecular formula is C13H17F3N4. The van der Waals surface area contributed by atoms with Crippen LogP contribution in [0.3, 0.4) is 0 Å². The Morgan fingerprint density at radius 3 is 2.75 bits per heavy atom. The molecule has 0 amide bonds. The molecule has 0 radical (unpaired) electrons. The summed E-state index contributed by atoms with van der Waals surface area (Å²) < 4.78 is 37.7. The van der Waals surface area contributed by atoms with Gasteiger partial charge in [-0.25, -0.2) is 4.98 Å². The van der Waals surface area contributed by atoms with Gasteiger partial charge in [0.2, 0.25) is 0 Å². The Morgan fingerprint density at radius 1 is 1.35 bits per heavy atom. The summed E-state index contributed by atoms with van der Waals surface area (Å²) >= 11 is 0. The van der Waals surface area contributed by atoms with E-state index in [1.165, 1.54) is 6.08 Å². The fraction of sp³-hybridized carbons (Fsp3) is 0.538. The van der Waals surface area contributed by atoms with Gasteiger partial charge in [-0.1, -0.05) is 13.0 Å². The fourth-order valence-corrected chi connectivity index (χ4v) is 2.02. The second-order valence-corrected chi connectivity index (χ2v) is 4.57. The summed E-state index contributed by atoms with van der Waals surface area (Å²) in [6.07, 6.45) is 0.240. The highest BCUT2D eigenvalue weighted by Gasteiger charge is 2.34. The second kappa shape index (κ2) is 6.21. The number of hydrogen-bond donors (Lipinski definition) is 1. The van der Waals surface area contributed by atoms with Gasteiger partial charge in [-0.15, -0.1) is 0 Å². The SMILES string of the molecule is CCNCc1cncc(N2CC=C(C(F)(F)F)CC2)n1. The van der Waals surface area contributed by atoms with Crippen LogP contribution < -0.4 is 10.2 Å². The van der Waals surface area contributed by atoms with Gasteiger partial charge in [0.05, 0.1) is 11.9 Å². The van der Waals surface area contributed by atoms with Crippen LogP contribution in [0, 0.1) is 0 Å². The average molecular weight is 286 g/mol. The molecule has 0 spiro atoms. The van der Waals surface area contributed by atoms with Crippen molar-refractivity contribution in [2.45, 2.75) is 26.1 Å². The van der Waals surface area contributed by atoms with Crippen molar-refractivity contribution in [3.05, 3.63) is 29.7 Å². The van der Waals surface area contributed by atoms with Crippen LogP contribution in [-0.4, -0.2) is 35.8 Å². The van der Waals surface area contributed by atoms with Gasteiger partial charge in [-0.3, -0.25) is 4.98 Å². The van der Waals surface area contributed by atoms with Crippen LogP contribution in [0.2, 0.25) is 0 Å². The lowest BCUT2D eigenvalue weighted by atomic mass is 10.1. The first-order chi connectivity index (χ1) is 9.50. The number of halogens is 3. The molecule has 20 heavy (non-hydrogen) atoms. The number of anilines is 1. The van der Waals surface area contributed by atoms with Crippen molar-refractivity contribution in [1.29, 1.82) is 0 Å². The van der Waals surface area contributed by atoms with Crippen LogP contribution in [-0.2, 0) is 6.54 Å². The van der Waals surface area contributed by atoms with Crippen LogP contribution >= 0.6 is 0 Å². The lowest BCUT2D eigenvalue weighted by Crippen LogP contribution is -2.32. The maximum absolute atomic E-state index is 12.6. The van der Waals surface area contributed by atoms with E-state index < -0.39 is 11.7 Å². The predicted molar refractivity (Wildman–Crippen MR) is 70.4 cm³/mol. The van der Waals surface area contributed by atoms with Crippen molar-refractivity contribution in [1.82, 2.24) is 15.3 Å². The van der Waals surface area contributed by atoms with Crippen molar-refractivity contribution in [3.8, 4) is 0 Å². The van der Waals surface area contributed by atoms with Gasteiger partial charge in [0, 0.05) is 31.4 Å². The molecule has 1 aromatic rings. The third-order valence-electron chi connectivity index (χ3n) is 3.13. The molecule has 1 N–H and O–H groups in total. The molecular weight excluding hydrogens is 269 g/mol. The topological polar surface area (TPSA) is 41.1 Å². The molecule has 0 saturated carbocycles. The predicted octanol–water partition coefficient (Wildman–Crippen LogP) is 2.28. The maximum atomic E-state index is 12.6. The molecule has 1 aromatic heterocycles. The number of nitrogens with zero attached hydrogens (tertiary/aromatic N) is 3. The summed E-state index contributed by atoms with van der Waals surface area (Å²) in [6.45, 7) is 3.95. The molecule has 0 aromatic carbocycles. The van der Waals surface area contributed by atoms with Gasteiger partial charge in [0.25, 0.3) is 0 Å². The van der Waals surface area contributed by atoms with E-state index in [2.05, 4.69) is 15.3 Å². The number of nitrogens with one attached hydrogen (secondary N) is 1. The van der Waals surface area contributed by atoms with E-state index in [1.54, 1.807) is 17.3 Å². The number of rotatable bonds is 4. The quantitative estimate of drug-likeness (QED) is 0.862. The van der Waals surface area contributed by atoms with Gasteiger partial charge in [0.15, 0.2) is 0 Å². The Bertz CT molecular complexity index is 485. The summed E-state index contributed by atoms with van der Waals surface area (Å²) in [4.78, 5) is 10.3. The minimum atomic E-state index is -4.22. The van der Waals surface area contributed by atoms with Crippen LogP contribution in [0.4, 0.5) is 19.0 Å². The molecule has 0 saturated heterocycles. The molecule has 110 valence electrons. The molecule has 0 unspecified atom stereocenters. The third kappa shape index (κ3) is 3.69. The van der Waals surface area contributed by atoms with Gasteiger partial charge < -0.3 is 10.2 Å². The molecule has 0 bridgehead atoms. The van der Waals surface area contributed by atoms with E-state index in [0.29, 0.717) is 18.9 Å². The van der Waals surface area contributed by atoms with Crippen LogP contribution in [0.5, 0.6) is 0 Å². The lowest BCUT2D eigenvalue weighted by Gasteiger charge is -2.28. The lowest BCUT2D eigenvalue weighted by molar-refractivity contribution is -0.0944. The molecule has 1 aliphatic rings. The number of aromatic nitrogens is 2. The molecule has 2 heterocycles. The smallest absolute Gasteiger partial charge is 0.351 e. The Hall–Kier alpha value is -1.63. The number of alkyl halides is 3. The Labute approximate surface area is 115 Å². The maximum Gasteiger partial charge on any atom is 0.412 e. The molecule has 1 aliphatic heterocycles. The zero-order valence-corrected chi connectivity index (χ0v) is 11.2. The van der Waals surface area contributed by atoms with Crippen molar-refractivity contribution in [2.24, 2.45) is 0 Å². The van der Waals surface area contributed by atoms with Crippen molar-refractivity contribution in [3.63, 3.8) is 0 Å². The van der Waals surface area contributed by atoms with Gasteiger partial charge in [-0.2, -0.15) is 13.2 Å². The first kappa shape index (κ1) is 14.8. The van der Waals surface area contributed by atoms with E-state index in [9.17, 15) is 13.2 Å². The van der Waals surface area contributed by atoms with E-state index in [4.69, 9.17) is 0 Å². The number of hydrogen-bond acceptors (Lipinski definition) is 4. The summed E-state index contributed by atoms with van der Waals surface area (Å²) in [5.74, 6) is 0.623. The van der Waals surface area contributed by atoms with Crippen LogP contribution in [0.25, 0.3) is 0 Å². The minimum Gasteiger partial charge on any atom is -0.351 e. The Balaban J connectivity index is 2.05. The third-order valence-corrected chi connectivity index (χ3v) is 3.13. The Kier molecular flexibility index (Phi) is 4.59. The van der Waals surface area contributed by atoms with Gasteiger partial charge in [-0.05, 0) is 13.0 Å². The van der Waals surface area contributed by atoms with Crippen LogP contribution in [0.15, 0.2) is 24.0 Å². The van der Waals surface area contributed by atoms with Crippen molar-refractivity contribution < 1.29 is 13.2 Å². The molecule has 7 heteroatoms. The molecule has 4 nitrogen and oxygen atoms in total. The Morgan fingerprint density at radius 2 is 2.15 bits per heavy atom. The highest BCUT2D eigenvalue weighted by Crippen LogP contribution is 2.30. The fourth-order valence-electron chi connectivity index (χ4n) is 2.02. The monoisotopic (exact) mass is 286 g/mol. The molecule has 0 fully saturated rings. The van der Waals surface area contributed by atoms with Crippen molar-refractivity contribution in [2.75, 3.05) is 24.5 Å². The summed E-state index contributed by atoms with van der Waals surface area (Å²) in [6, 6.07) is 0. The summed E-state index contributed by atoms with van der Waals surface area (Å²) in [5, 5.41) is 3.14. The second-order valence-electron chi connectivity index (χ2n) is 4.57. The average Bonchev–Trinajstić information content (AvgIpc) is 2.45. The summed E-state index contributed by atoms with van der Waals surface area (Å²) in [7, 11) is 0. The molecule has 0 atom stereocenters. The standard InChI is InChI=1S/C13H17F3N4/c1-2-17-7-11-8-18-9-12(19-11)20-5-3-10(4-6-20)13(14,15)16/h3,8-9,17H,2,4-7H2,1H3. The van der Waals surface area contributed by atoms with E-state index in [1.807, 2.05) is 6.92 Å². The van der Waals surface area contributed by atoms with E-state index >= 15 is 0 Å². The minimum absolute atomic E-state index is 0.0113. The van der Waals surface area contributed by atoms with E-state index in [0.717, 1.165) is 12.2 Å².